The number of carbonyl (C=O) groups is 1. The summed E-state index contributed by atoms with van der Waals surface area (Å²) in [5.74, 6) is -0.645. The van der Waals surface area contributed by atoms with Gasteiger partial charge in [0.1, 0.15) is 10.7 Å². The molecule has 7 nitrogen and oxygen atoms in total. The molecular formula is C16H16Cl2N2O5S. The van der Waals surface area contributed by atoms with E-state index in [4.69, 9.17) is 32.7 Å². The molecule has 0 amide bonds. The Morgan fingerprint density at radius 1 is 1.27 bits per heavy atom. The van der Waals surface area contributed by atoms with Crippen molar-refractivity contribution in [2.75, 3.05) is 20.3 Å². The molecule has 1 aliphatic rings. The molecule has 2 heterocycles. The lowest BCUT2D eigenvalue weighted by Gasteiger charge is -2.34. The summed E-state index contributed by atoms with van der Waals surface area (Å²) in [4.78, 5) is 16.1. The molecule has 0 aliphatic carbocycles. The summed E-state index contributed by atoms with van der Waals surface area (Å²) in [7, 11) is -2.81. The smallest absolute Gasteiger partial charge is 0.327 e. The lowest BCUT2D eigenvalue weighted by atomic mass is 9.92. The Morgan fingerprint density at radius 3 is 2.62 bits per heavy atom. The summed E-state index contributed by atoms with van der Waals surface area (Å²) in [6.07, 6.45) is 1.76. The van der Waals surface area contributed by atoms with E-state index >= 15 is 0 Å². The van der Waals surface area contributed by atoms with Crippen molar-refractivity contribution in [2.24, 2.45) is 0 Å². The number of benzene rings is 1. The highest BCUT2D eigenvalue weighted by molar-refractivity contribution is 7.89. The van der Waals surface area contributed by atoms with Gasteiger partial charge in [0.15, 0.2) is 0 Å². The fraction of sp³-hybridized carbons (Fsp3) is 0.375. The summed E-state index contributed by atoms with van der Waals surface area (Å²) in [5.41, 5.74) is -1.36. The summed E-state index contributed by atoms with van der Waals surface area (Å²) in [5, 5.41) is 1.48. The van der Waals surface area contributed by atoms with Gasteiger partial charge in [-0.3, -0.25) is 4.79 Å². The lowest BCUT2D eigenvalue weighted by Crippen LogP contribution is -2.57. The number of pyridine rings is 1. The Hall–Kier alpha value is -1.45. The molecule has 10 heteroatoms. The molecule has 0 atom stereocenters. The lowest BCUT2D eigenvalue weighted by molar-refractivity contribution is -0.151. The fourth-order valence-electron chi connectivity index (χ4n) is 2.90. The molecule has 0 saturated carbocycles. The Bertz CT molecular complexity index is 959. The molecule has 0 unspecified atom stereocenters. The van der Waals surface area contributed by atoms with E-state index in [1.54, 1.807) is 6.07 Å². The van der Waals surface area contributed by atoms with Gasteiger partial charge in [-0.25, -0.2) is 13.4 Å². The minimum atomic E-state index is -4.03. The first-order valence-electron chi connectivity index (χ1n) is 7.73. The van der Waals surface area contributed by atoms with Gasteiger partial charge in [-0.05, 0) is 12.1 Å². The van der Waals surface area contributed by atoms with E-state index in [9.17, 15) is 13.2 Å². The van der Waals surface area contributed by atoms with Crippen molar-refractivity contribution in [3.63, 3.8) is 0 Å². The highest BCUT2D eigenvalue weighted by Gasteiger charge is 2.44. The number of ether oxygens (including phenoxy) is 2. The van der Waals surface area contributed by atoms with Gasteiger partial charge >= 0.3 is 5.97 Å². The zero-order chi connectivity index (χ0) is 18.9. The number of carbonyl (C=O) groups excluding carboxylic acids is 1. The van der Waals surface area contributed by atoms with Crippen LogP contribution in [0.4, 0.5) is 0 Å². The number of aromatic nitrogens is 1. The number of halogens is 2. The van der Waals surface area contributed by atoms with Crippen molar-refractivity contribution in [3.8, 4) is 0 Å². The number of sulfonamides is 1. The standard InChI is InChI=1S/C16H16Cl2N2O5S/c1-24-15(21)16(4-6-25-7-5-16)20-26(22,23)10-2-3-11-12(8-10)14(18)19-9-13(11)17/h2-3,8-9,20H,4-7H2,1H3. The molecule has 1 N–H and O–H groups in total. The normalized spacial score (nSPS) is 17.2. The molecule has 0 spiro atoms. The van der Waals surface area contributed by atoms with Crippen LogP contribution < -0.4 is 4.72 Å². The molecule has 26 heavy (non-hydrogen) atoms. The van der Waals surface area contributed by atoms with Crippen LogP contribution >= 0.6 is 23.2 Å². The molecule has 0 bridgehead atoms. The number of methoxy groups -OCH3 is 1. The molecule has 140 valence electrons. The first kappa shape index (κ1) is 19.3. The Kier molecular flexibility index (Phi) is 5.41. The largest absolute Gasteiger partial charge is 0.468 e. The van der Waals surface area contributed by atoms with Gasteiger partial charge in [0, 0.05) is 43.0 Å². The van der Waals surface area contributed by atoms with Crippen LogP contribution in [0.1, 0.15) is 12.8 Å². The molecular weight excluding hydrogens is 403 g/mol. The van der Waals surface area contributed by atoms with E-state index < -0.39 is 21.5 Å². The van der Waals surface area contributed by atoms with Crippen LogP contribution in [0, 0.1) is 0 Å². The van der Waals surface area contributed by atoms with Gasteiger partial charge in [-0.2, -0.15) is 4.72 Å². The van der Waals surface area contributed by atoms with Gasteiger partial charge in [0.25, 0.3) is 0 Å². The molecule has 3 rings (SSSR count). The Labute approximate surface area is 160 Å². The summed E-state index contributed by atoms with van der Waals surface area (Å²) in [6.45, 7) is 0.501. The zero-order valence-corrected chi connectivity index (χ0v) is 16.1. The van der Waals surface area contributed by atoms with Gasteiger partial charge < -0.3 is 9.47 Å². The third-order valence-corrected chi connectivity index (χ3v) is 6.46. The minimum Gasteiger partial charge on any atom is -0.468 e. The third kappa shape index (κ3) is 3.52. The molecule has 1 fully saturated rings. The number of hydrogen-bond acceptors (Lipinski definition) is 6. The van der Waals surface area contributed by atoms with Crippen LogP contribution in [0.25, 0.3) is 10.8 Å². The summed E-state index contributed by atoms with van der Waals surface area (Å²) < 4.78 is 38.4. The van der Waals surface area contributed by atoms with Gasteiger partial charge in [0.05, 0.1) is 17.0 Å². The molecule has 2 aromatic rings. The first-order valence-corrected chi connectivity index (χ1v) is 9.97. The molecule has 1 saturated heterocycles. The zero-order valence-electron chi connectivity index (χ0n) is 13.8. The Balaban J connectivity index is 2.03. The number of nitrogens with zero attached hydrogens (tertiary/aromatic N) is 1. The van der Waals surface area contributed by atoms with E-state index in [-0.39, 0.29) is 36.1 Å². The maximum absolute atomic E-state index is 12.9. The second-order valence-corrected chi connectivity index (χ2v) is 8.34. The number of fused-ring (bicyclic) bond motifs is 1. The maximum atomic E-state index is 12.9. The van der Waals surface area contributed by atoms with Crippen molar-refractivity contribution >= 4 is 50.0 Å². The molecule has 0 radical (unpaired) electrons. The van der Waals surface area contributed by atoms with Gasteiger partial charge in [-0.15, -0.1) is 0 Å². The van der Waals surface area contributed by atoms with Crippen molar-refractivity contribution in [3.05, 3.63) is 34.6 Å². The van der Waals surface area contributed by atoms with Crippen LogP contribution in [-0.2, 0) is 24.3 Å². The SMILES string of the molecule is COC(=O)C1(NS(=O)(=O)c2ccc3c(Cl)cnc(Cl)c3c2)CCOCC1. The van der Waals surface area contributed by atoms with E-state index in [1.807, 2.05) is 0 Å². The van der Waals surface area contributed by atoms with E-state index in [0.717, 1.165) is 0 Å². The second kappa shape index (κ2) is 7.28. The predicted octanol–water partition coefficient (Wildman–Crippen LogP) is 2.54. The third-order valence-electron chi connectivity index (χ3n) is 4.32. The summed E-state index contributed by atoms with van der Waals surface area (Å²) >= 11 is 12.1. The number of hydrogen-bond donors (Lipinski definition) is 1. The number of esters is 1. The van der Waals surface area contributed by atoms with Gasteiger partial charge in [-0.1, -0.05) is 29.3 Å². The minimum absolute atomic E-state index is 0.0502. The molecule has 1 aromatic heterocycles. The van der Waals surface area contributed by atoms with Crippen LogP contribution in [0.15, 0.2) is 29.3 Å². The average Bonchev–Trinajstić information content (AvgIpc) is 2.64. The molecule has 1 aliphatic heterocycles. The highest BCUT2D eigenvalue weighted by Crippen LogP contribution is 2.31. The Morgan fingerprint density at radius 2 is 1.96 bits per heavy atom. The van der Waals surface area contributed by atoms with Gasteiger partial charge in [0.2, 0.25) is 10.0 Å². The predicted molar refractivity (Wildman–Crippen MR) is 96.9 cm³/mol. The monoisotopic (exact) mass is 418 g/mol. The topological polar surface area (TPSA) is 94.6 Å². The van der Waals surface area contributed by atoms with Crippen LogP contribution in [0.3, 0.4) is 0 Å². The highest BCUT2D eigenvalue weighted by atomic mass is 35.5. The van der Waals surface area contributed by atoms with E-state index in [1.165, 1.54) is 25.4 Å². The fourth-order valence-corrected chi connectivity index (χ4v) is 4.76. The number of rotatable bonds is 4. The van der Waals surface area contributed by atoms with Crippen LogP contribution in [0.2, 0.25) is 10.2 Å². The first-order chi connectivity index (χ1) is 12.3. The van der Waals surface area contributed by atoms with Crippen molar-refractivity contribution in [2.45, 2.75) is 23.3 Å². The summed E-state index contributed by atoms with van der Waals surface area (Å²) in [6, 6.07) is 4.33. The molecule has 1 aromatic carbocycles. The average molecular weight is 419 g/mol. The van der Waals surface area contributed by atoms with Crippen molar-refractivity contribution < 1.29 is 22.7 Å². The second-order valence-electron chi connectivity index (χ2n) is 5.90. The van der Waals surface area contributed by atoms with Crippen LogP contribution in [0.5, 0.6) is 0 Å². The van der Waals surface area contributed by atoms with E-state index in [2.05, 4.69) is 9.71 Å². The quantitative estimate of drug-likeness (QED) is 0.605. The number of nitrogens with one attached hydrogen (secondary N) is 1. The van der Waals surface area contributed by atoms with Crippen molar-refractivity contribution in [1.29, 1.82) is 0 Å². The maximum Gasteiger partial charge on any atom is 0.327 e. The van der Waals surface area contributed by atoms with Crippen molar-refractivity contribution in [1.82, 2.24) is 9.71 Å². The van der Waals surface area contributed by atoms with E-state index in [0.29, 0.717) is 15.8 Å². The van der Waals surface area contributed by atoms with Crippen LogP contribution in [-0.4, -0.2) is 45.2 Å².